The monoisotopic (exact) mass is 231 g/mol. The first-order chi connectivity index (χ1) is 6.54. The third-order valence-electron chi connectivity index (χ3n) is 1.54. The zero-order valence-electron chi connectivity index (χ0n) is 7.33. The average molecular weight is 231 g/mol. The van der Waals surface area contributed by atoms with Gasteiger partial charge in [-0.3, -0.25) is 0 Å². The van der Waals surface area contributed by atoms with Gasteiger partial charge in [0.2, 0.25) is 0 Å². The molecule has 0 amide bonds. The smallest absolute Gasteiger partial charge is 0.229 e. The van der Waals surface area contributed by atoms with E-state index in [1.54, 1.807) is 0 Å². The minimum absolute atomic E-state index is 0.415. The van der Waals surface area contributed by atoms with E-state index in [9.17, 15) is 8.78 Å². The lowest BCUT2D eigenvalue weighted by atomic mass is 10.3. The summed E-state index contributed by atoms with van der Waals surface area (Å²) in [5, 5.41) is -2.76. The number of nitrogens with zero attached hydrogens (tertiary/aromatic N) is 1. The van der Waals surface area contributed by atoms with Crippen molar-refractivity contribution in [2.75, 3.05) is 0 Å². The molecule has 1 heterocycles. The molecule has 5 heteroatoms. The van der Waals surface area contributed by atoms with Crippen LogP contribution in [0.5, 0.6) is 0 Å². The molecule has 0 N–H and O–H groups in total. The fourth-order valence-corrected chi connectivity index (χ4v) is 3.07. The van der Waals surface area contributed by atoms with Crippen molar-refractivity contribution in [1.29, 1.82) is 0 Å². The van der Waals surface area contributed by atoms with Crippen molar-refractivity contribution in [3.63, 3.8) is 0 Å². The molecule has 0 fully saturated rings. The molecule has 2 aromatic rings. The van der Waals surface area contributed by atoms with Crippen LogP contribution in [0.2, 0.25) is 0 Å². The van der Waals surface area contributed by atoms with Crippen molar-refractivity contribution in [3.8, 4) is 0 Å². The highest BCUT2D eigenvalue weighted by molar-refractivity contribution is 8.02. The van der Waals surface area contributed by atoms with Crippen LogP contribution in [0.25, 0.3) is 10.2 Å². The molecular formula is C9H7F2NS2. The van der Waals surface area contributed by atoms with Gasteiger partial charge in [0.25, 0.3) is 5.25 Å². The second-order valence-corrected chi connectivity index (χ2v) is 5.45. The molecule has 0 bridgehead atoms. The van der Waals surface area contributed by atoms with Crippen LogP contribution in [0.1, 0.15) is 6.92 Å². The lowest BCUT2D eigenvalue weighted by Crippen LogP contribution is -2.00. The molecular weight excluding hydrogens is 224 g/mol. The molecule has 1 nitrogen and oxygen atoms in total. The van der Waals surface area contributed by atoms with Crippen LogP contribution in [-0.2, 0) is 0 Å². The number of halogens is 2. The molecule has 2 rings (SSSR count). The maximum Gasteiger partial charge on any atom is 0.297 e. The predicted octanol–water partition coefficient (Wildman–Crippen LogP) is 4.00. The average Bonchev–Trinajstić information content (AvgIpc) is 2.42. The van der Waals surface area contributed by atoms with Gasteiger partial charge in [-0.05, 0) is 23.9 Å². The van der Waals surface area contributed by atoms with Crippen LogP contribution in [0.3, 0.4) is 0 Å². The number of aromatic nitrogens is 1. The molecule has 14 heavy (non-hydrogen) atoms. The zero-order chi connectivity index (χ0) is 10.2. The Balaban J connectivity index is 2.36. The number of hydrogen-bond donors (Lipinski definition) is 0. The van der Waals surface area contributed by atoms with E-state index < -0.39 is 5.25 Å². The van der Waals surface area contributed by atoms with E-state index in [0.29, 0.717) is 16.1 Å². The summed E-state index contributed by atoms with van der Waals surface area (Å²) >= 11 is 1.80. The summed E-state index contributed by atoms with van der Waals surface area (Å²) < 4.78 is 26.7. The van der Waals surface area contributed by atoms with E-state index in [1.807, 2.05) is 24.3 Å². The normalized spacial score (nSPS) is 12.2. The van der Waals surface area contributed by atoms with Crippen molar-refractivity contribution in [2.24, 2.45) is 0 Å². The topological polar surface area (TPSA) is 12.9 Å². The van der Waals surface area contributed by atoms with Gasteiger partial charge >= 0.3 is 0 Å². The van der Waals surface area contributed by atoms with E-state index in [1.165, 1.54) is 11.3 Å². The van der Waals surface area contributed by atoms with Crippen molar-refractivity contribution in [2.45, 2.75) is 16.5 Å². The van der Waals surface area contributed by atoms with Crippen molar-refractivity contribution < 1.29 is 8.78 Å². The summed E-state index contributed by atoms with van der Waals surface area (Å²) in [6, 6.07) is 7.42. The van der Waals surface area contributed by atoms with Gasteiger partial charge in [0.15, 0.2) is 4.34 Å². The van der Waals surface area contributed by atoms with Gasteiger partial charge in [-0.25, -0.2) is 4.98 Å². The molecule has 1 aromatic heterocycles. The molecule has 0 unspecified atom stereocenters. The van der Waals surface area contributed by atoms with Gasteiger partial charge in [-0.1, -0.05) is 12.1 Å². The maximum atomic E-state index is 12.7. The van der Waals surface area contributed by atoms with Crippen LogP contribution in [0, 0.1) is 0 Å². The van der Waals surface area contributed by atoms with Gasteiger partial charge in [-0.2, -0.15) is 8.78 Å². The molecule has 74 valence electrons. The molecule has 0 aliphatic carbocycles. The van der Waals surface area contributed by atoms with Crippen LogP contribution < -0.4 is 0 Å². The van der Waals surface area contributed by atoms with Crippen LogP contribution >= 0.6 is 23.1 Å². The Morgan fingerprint density at radius 2 is 2.07 bits per heavy atom. The fraction of sp³-hybridized carbons (Fsp3) is 0.222. The number of para-hydroxylation sites is 1. The fourth-order valence-electron chi connectivity index (χ4n) is 1.05. The third-order valence-corrected chi connectivity index (χ3v) is 3.50. The highest BCUT2D eigenvalue weighted by Gasteiger charge is 2.24. The molecule has 0 saturated carbocycles. The Morgan fingerprint density at radius 1 is 1.36 bits per heavy atom. The predicted molar refractivity (Wildman–Crippen MR) is 56.1 cm³/mol. The van der Waals surface area contributed by atoms with Crippen LogP contribution in [0.4, 0.5) is 8.78 Å². The van der Waals surface area contributed by atoms with Crippen LogP contribution in [0.15, 0.2) is 28.6 Å². The van der Waals surface area contributed by atoms with E-state index in [-0.39, 0.29) is 0 Å². The summed E-state index contributed by atoms with van der Waals surface area (Å²) in [5.74, 6) is 0. The Labute approximate surface area is 88.2 Å². The molecule has 1 aromatic carbocycles. The van der Waals surface area contributed by atoms with E-state index >= 15 is 0 Å². The molecule has 0 radical (unpaired) electrons. The Kier molecular flexibility index (Phi) is 2.45. The van der Waals surface area contributed by atoms with Crippen molar-refractivity contribution >= 4 is 33.3 Å². The second-order valence-electron chi connectivity index (χ2n) is 2.86. The van der Waals surface area contributed by atoms with Gasteiger partial charge in [-0.15, -0.1) is 11.3 Å². The van der Waals surface area contributed by atoms with E-state index in [0.717, 1.165) is 17.1 Å². The third kappa shape index (κ3) is 2.22. The second kappa shape index (κ2) is 3.47. The summed E-state index contributed by atoms with van der Waals surface area (Å²) in [7, 11) is 0. The first-order valence-corrected chi connectivity index (χ1v) is 5.60. The van der Waals surface area contributed by atoms with Crippen molar-refractivity contribution in [3.05, 3.63) is 24.3 Å². The first-order valence-electron chi connectivity index (χ1n) is 3.97. The summed E-state index contributed by atoms with van der Waals surface area (Å²) in [6.07, 6.45) is 0. The Hall–Kier alpha value is -0.680. The summed E-state index contributed by atoms with van der Waals surface area (Å²) in [5.41, 5.74) is 0.782. The minimum atomic E-state index is -2.76. The van der Waals surface area contributed by atoms with E-state index in [4.69, 9.17) is 0 Å². The molecule has 0 saturated heterocycles. The minimum Gasteiger partial charge on any atom is -0.229 e. The number of thioether (sulfide) groups is 1. The highest BCUT2D eigenvalue weighted by Crippen LogP contribution is 2.38. The first kappa shape index (κ1) is 9.86. The zero-order valence-corrected chi connectivity index (χ0v) is 8.96. The highest BCUT2D eigenvalue weighted by atomic mass is 32.2. The summed E-state index contributed by atoms with van der Waals surface area (Å²) in [6.45, 7) is 0.879. The molecule has 0 aliphatic rings. The van der Waals surface area contributed by atoms with E-state index in [2.05, 4.69) is 4.98 Å². The van der Waals surface area contributed by atoms with Gasteiger partial charge in [0.05, 0.1) is 10.2 Å². The maximum absolute atomic E-state index is 12.7. The van der Waals surface area contributed by atoms with Gasteiger partial charge < -0.3 is 0 Å². The van der Waals surface area contributed by atoms with Crippen LogP contribution in [-0.4, -0.2) is 10.2 Å². The van der Waals surface area contributed by atoms with Gasteiger partial charge in [0.1, 0.15) is 0 Å². The molecule has 0 aliphatic heterocycles. The lowest BCUT2D eigenvalue weighted by molar-refractivity contribution is 0.129. The standard InChI is InChI=1S/C9H7F2NS2/c1-9(10,11)14-8-12-6-4-2-3-5-7(6)13-8/h2-5H,1H3. The largest absolute Gasteiger partial charge is 0.297 e. The number of fused-ring (bicyclic) bond motifs is 1. The number of hydrogen-bond acceptors (Lipinski definition) is 3. The summed E-state index contributed by atoms with van der Waals surface area (Å²) in [4.78, 5) is 4.10. The number of thiazole rings is 1. The SMILES string of the molecule is CC(F)(F)Sc1nc2ccccc2s1. The quantitative estimate of drug-likeness (QED) is 0.724. The number of alkyl halides is 2. The number of benzene rings is 1. The van der Waals surface area contributed by atoms with Crippen molar-refractivity contribution in [1.82, 2.24) is 4.98 Å². The lowest BCUT2D eigenvalue weighted by Gasteiger charge is -2.04. The van der Waals surface area contributed by atoms with Gasteiger partial charge in [0, 0.05) is 6.92 Å². The molecule has 0 atom stereocenters. The Bertz CT molecular complexity index is 414. The number of rotatable bonds is 2. The Morgan fingerprint density at radius 3 is 2.71 bits per heavy atom. The molecule has 0 spiro atoms.